The van der Waals surface area contributed by atoms with Gasteiger partial charge in [0.05, 0.1) is 30.4 Å². The molecule has 0 unspecified atom stereocenters. The second-order valence-electron chi connectivity index (χ2n) is 5.49. The maximum Gasteiger partial charge on any atom is 0.339 e. The van der Waals surface area contributed by atoms with Gasteiger partial charge in [-0.2, -0.15) is 0 Å². The van der Waals surface area contributed by atoms with Gasteiger partial charge in [-0.15, -0.1) is 0 Å². The topological polar surface area (TPSA) is 83.1 Å². The molecular formula is C17H24ClNO6. The second-order valence-corrected chi connectivity index (χ2v) is 5.89. The molecule has 0 aliphatic rings. The van der Waals surface area contributed by atoms with Gasteiger partial charge in [0, 0.05) is 13.7 Å². The van der Waals surface area contributed by atoms with E-state index in [1.165, 1.54) is 33.3 Å². The molecule has 0 aliphatic carbocycles. The van der Waals surface area contributed by atoms with Gasteiger partial charge in [-0.25, -0.2) is 4.79 Å². The lowest BCUT2D eigenvalue weighted by atomic mass is 10.2. The van der Waals surface area contributed by atoms with Gasteiger partial charge in [0.1, 0.15) is 0 Å². The van der Waals surface area contributed by atoms with E-state index in [9.17, 15) is 9.59 Å². The second kappa shape index (κ2) is 10.1. The quantitative estimate of drug-likeness (QED) is 0.528. The molecule has 140 valence electrons. The highest BCUT2D eigenvalue weighted by Crippen LogP contribution is 2.37. The highest BCUT2D eigenvalue weighted by atomic mass is 35.5. The molecule has 1 rings (SSSR count). The van der Waals surface area contributed by atoms with Crippen LogP contribution in [-0.4, -0.2) is 51.5 Å². The molecule has 0 aromatic heterocycles. The van der Waals surface area contributed by atoms with Gasteiger partial charge < -0.3 is 24.3 Å². The van der Waals surface area contributed by atoms with E-state index in [0.717, 1.165) is 0 Å². The molecule has 0 bridgehead atoms. The Morgan fingerprint density at radius 1 is 1.20 bits per heavy atom. The molecule has 25 heavy (non-hydrogen) atoms. The first-order valence-corrected chi connectivity index (χ1v) is 8.19. The molecule has 1 atom stereocenters. The first-order chi connectivity index (χ1) is 11.8. The third-order valence-corrected chi connectivity index (χ3v) is 3.36. The number of carbonyl (C=O) groups excluding carboxylic acids is 2. The van der Waals surface area contributed by atoms with E-state index in [2.05, 4.69) is 5.32 Å². The standard InChI is InChI=1S/C17H24ClNO6/c1-10(2)24-15-13(18)8-12(9-14(15)23-5)17(21)25-11(3)16(20)19-6-7-22-4/h8-11H,6-7H2,1-5H3,(H,19,20)/t11-/m1/s1. The van der Waals surface area contributed by atoms with Crippen LogP contribution in [-0.2, 0) is 14.3 Å². The summed E-state index contributed by atoms with van der Waals surface area (Å²) in [6.07, 6.45) is -1.07. The number of methoxy groups -OCH3 is 2. The number of nitrogens with one attached hydrogen (secondary N) is 1. The summed E-state index contributed by atoms with van der Waals surface area (Å²) in [5.74, 6) is -0.444. The van der Waals surface area contributed by atoms with Crippen LogP contribution < -0.4 is 14.8 Å². The van der Waals surface area contributed by atoms with Crippen LogP contribution in [0.5, 0.6) is 11.5 Å². The molecule has 1 N–H and O–H groups in total. The van der Waals surface area contributed by atoms with E-state index in [-0.39, 0.29) is 16.7 Å². The van der Waals surface area contributed by atoms with E-state index < -0.39 is 18.0 Å². The van der Waals surface area contributed by atoms with E-state index in [0.29, 0.717) is 24.7 Å². The van der Waals surface area contributed by atoms with Gasteiger partial charge in [-0.3, -0.25) is 4.79 Å². The molecule has 0 spiro atoms. The summed E-state index contributed by atoms with van der Waals surface area (Å²) < 4.78 is 20.8. The monoisotopic (exact) mass is 373 g/mol. The summed E-state index contributed by atoms with van der Waals surface area (Å²) in [6, 6.07) is 2.88. The average Bonchev–Trinajstić information content (AvgIpc) is 2.55. The van der Waals surface area contributed by atoms with Crippen molar-refractivity contribution in [3.05, 3.63) is 22.7 Å². The van der Waals surface area contributed by atoms with E-state index in [4.69, 9.17) is 30.5 Å². The average molecular weight is 374 g/mol. The van der Waals surface area contributed by atoms with Crippen molar-refractivity contribution >= 4 is 23.5 Å². The molecule has 1 amide bonds. The van der Waals surface area contributed by atoms with Crippen LogP contribution in [0.3, 0.4) is 0 Å². The third-order valence-electron chi connectivity index (χ3n) is 3.08. The van der Waals surface area contributed by atoms with Gasteiger partial charge >= 0.3 is 5.97 Å². The highest BCUT2D eigenvalue weighted by Gasteiger charge is 2.22. The molecule has 0 saturated heterocycles. The summed E-state index contributed by atoms with van der Waals surface area (Å²) in [5.41, 5.74) is 0.162. The number of amides is 1. The zero-order valence-electron chi connectivity index (χ0n) is 15.1. The molecule has 1 aromatic carbocycles. The lowest BCUT2D eigenvalue weighted by molar-refractivity contribution is -0.129. The van der Waals surface area contributed by atoms with Crippen molar-refractivity contribution in [3.8, 4) is 11.5 Å². The zero-order chi connectivity index (χ0) is 19.0. The Hall–Kier alpha value is -1.99. The van der Waals surface area contributed by atoms with E-state index >= 15 is 0 Å². The van der Waals surface area contributed by atoms with Crippen LogP contribution in [0, 0.1) is 0 Å². The number of hydrogen-bond donors (Lipinski definition) is 1. The Morgan fingerprint density at radius 2 is 1.88 bits per heavy atom. The van der Waals surface area contributed by atoms with Gasteiger partial charge in [-0.05, 0) is 32.9 Å². The van der Waals surface area contributed by atoms with Crippen LogP contribution in [0.1, 0.15) is 31.1 Å². The molecule has 0 heterocycles. The Kier molecular flexibility index (Phi) is 8.51. The van der Waals surface area contributed by atoms with Crippen molar-refractivity contribution in [2.75, 3.05) is 27.4 Å². The lowest BCUT2D eigenvalue weighted by Crippen LogP contribution is -2.37. The number of hydrogen-bond acceptors (Lipinski definition) is 6. The van der Waals surface area contributed by atoms with Crippen LogP contribution in [0.15, 0.2) is 12.1 Å². The van der Waals surface area contributed by atoms with Gasteiger partial charge in [0.15, 0.2) is 17.6 Å². The Labute approximate surface area is 152 Å². The van der Waals surface area contributed by atoms with E-state index in [1.807, 2.05) is 13.8 Å². The first-order valence-electron chi connectivity index (χ1n) is 7.82. The minimum absolute atomic E-state index is 0.111. The minimum atomic E-state index is -0.958. The summed E-state index contributed by atoms with van der Waals surface area (Å²) in [5, 5.41) is 2.81. The Balaban J connectivity index is 2.84. The number of halogens is 1. The van der Waals surface area contributed by atoms with Gasteiger partial charge in [0.25, 0.3) is 5.91 Å². The largest absolute Gasteiger partial charge is 0.493 e. The van der Waals surface area contributed by atoms with E-state index in [1.54, 1.807) is 0 Å². The molecule has 8 heteroatoms. The maximum atomic E-state index is 12.3. The van der Waals surface area contributed by atoms with Gasteiger partial charge in [0.2, 0.25) is 0 Å². The molecule has 1 aromatic rings. The number of esters is 1. The van der Waals surface area contributed by atoms with Crippen molar-refractivity contribution in [2.45, 2.75) is 33.0 Å². The number of rotatable bonds is 9. The highest BCUT2D eigenvalue weighted by molar-refractivity contribution is 6.32. The fourth-order valence-electron chi connectivity index (χ4n) is 1.89. The summed E-state index contributed by atoms with van der Waals surface area (Å²) in [4.78, 5) is 24.1. The number of benzene rings is 1. The predicted molar refractivity (Wildman–Crippen MR) is 93.5 cm³/mol. The molecule has 7 nitrogen and oxygen atoms in total. The molecule has 0 saturated carbocycles. The molecular weight excluding hydrogens is 350 g/mol. The Morgan fingerprint density at radius 3 is 2.44 bits per heavy atom. The molecule has 0 fully saturated rings. The molecule has 0 radical (unpaired) electrons. The van der Waals surface area contributed by atoms with Gasteiger partial charge in [-0.1, -0.05) is 11.6 Å². The number of ether oxygens (including phenoxy) is 4. The summed E-state index contributed by atoms with van der Waals surface area (Å²) in [7, 11) is 2.97. The van der Waals surface area contributed by atoms with Crippen molar-refractivity contribution in [2.24, 2.45) is 0 Å². The summed E-state index contributed by atoms with van der Waals surface area (Å²) >= 11 is 6.18. The van der Waals surface area contributed by atoms with Crippen molar-refractivity contribution in [1.29, 1.82) is 0 Å². The van der Waals surface area contributed by atoms with Crippen LogP contribution in [0.25, 0.3) is 0 Å². The minimum Gasteiger partial charge on any atom is -0.493 e. The molecule has 0 aliphatic heterocycles. The lowest BCUT2D eigenvalue weighted by Gasteiger charge is -2.17. The fourth-order valence-corrected chi connectivity index (χ4v) is 2.15. The van der Waals surface area contributed by atoms with Crippen LogP contribution >= 0.6 is 11.6 Å². The summed E-state index contributed by atoms with van der Waals surface area (Å²) in [6.45, 7) is 5.88. The van der Waals surface area contributed by atoms with Crippen molar-refractivity contribution in [3.63, 3.8) is 0 Å². The normalized spacial score (nSPS) is 11.8. The first kappa shape index (κ1) is 21.1. The van der Waals surface area contributed by atoms with Crippen molar-refractivity contribution in [1.82, 2.24) is 5.32 Å². The van der Waals surface area contributed by atoms with Crippen LogP contribution in [0.2, 0.25) is 5.02 Å². The third kappa shape index (κ3) is 6.43. The number of carbonyl (C=O) groups is 2. The SMILES string of the molecule is COCCNC(=O)[C@@H](C)OC(=O)c1cc(Cl)c(OC(C)C)c(OC)c1. The zero-order valence-corrected chi connectivity index (χ0v) is 15.8. The maximum absolute atomic E-state index is 12.3. The Bertz CT molecular complexity index is 605. The fraction of sp³-hybridized carbons (Fsp3) is 0.529. The predicted octanol–water partition coefficient (Wildman–Crippen LogP) is 2.44. The van der Waals surface area contributed by atoms with Crippen molar-refractivity contribution < 1.29 is 28.5 Å². The smallest absolute Gasteiger partial charge is 0.339 e. The van der Waals surface area contributed by atoms with Crippen LogP contribution in [0.4, 0.5) is 0 Å².